The van der Waals surface area contributed by atoms with Crippen LogP contribution in [0.15, 0.2) is 30.3 Å². The van der Waals surface area contributed by atoms with E-state index in [0.29, 0.717) is 6.04 Å². The summed E-state index contributed by atoms with van der Waals surface area (Å²) < 4.78 is 0. The number of hydrogen-bond donors (Lipinski definition) is 1. The highest BCUT2D eigenvalue weighted by Crippen LogP contribution is 2.30. The molecule has 0 heterocycles. The summed E-state index contributed by atoms with van der Waals surface area (Å²) in [7, 11) is 2.12. The van der Waals surface area contributed by atoms with Gasteiger partial charge in [0.1, 0.15) is 0 Å². The van der Waals surface area contributed by atoms with Gasteiger partial charge in [0.15, 0.2) is 0 Å². The average molecular weight is 290 g/mol. The number of nitrogens with zero attached hydrogens (tertiary/aromatic N) is 1. The second-order valence-electron chi connectivity index (χ2n) is 5.85. The van der Waals surface area contributed by atoms with Gasteiger partial charge in [-0.25, -0.2) is 0 Å². The summed E-state index contributed by atoms with van der Waals surface area (Å²) in [6, 6.07) is 11.4. The molecule has 0 aliphatic rings. The molecule has 0 fully saturated rings. The summed E-state index contributed by atoms with van der Waals surface area (Å²) in [5.41, 5.74) is 1.71. The van der Waals surface area contributed by atoms with Gasteiger partial charge >= 0.3 is 0 Å². The fourth-order valence-corrected chi connectivity index (χ4v) is 3.90. The van der Waals surface area contributed by atoms with Crippen molar-refractivity contribution in [3.05, 3.63) is 35.9 Å². The fourth-order valence-electron chi connectivity index (χ4n) is 3.90. The van der Waals surface area contributed by atoms with E-state index in [4.69, 9.17) is 0 Å². The Hall–Kier alpha value is -0.860. The van der Waals surface area contributed by atoms with E-state index in [9.17, 15) is 0 Å². The number of hydrogen-bond acceptors (Lipinski definition) is 2. The van der Waals surface area contributed by atoms with Gasteiger partial charge < -0.3 is 5.32 Å². The molecule has 120 valence electrons. The van der Waals surface area contributed by atoms with E-state index >= 15 is 0 Å². The van der Waals surface area contributed by atoms with Crippen LogP contribution in [-0.4, -0.2) is 36.6 Å². The zero-order chi connectivity index (χ0) is 15.7. The van der Waals surface area contributed by atoms with Gasteiger partial charge in [-0.15, -0.1) is 0 Å². The van der Waals surface area contributed by atoms with Crippen LogP contribution in [0.1, 0.15) is 52.5 Å². The smallest absolute Gasteiger partial charge is 0.0357 e. The first-order valence-corrected chi connectivity index (χ1v) is 8.64. The minimum Gasteiger partial charge on any atom is -0.315 e. The first-order chi connectivity index (χ1) is 10.2. The first kappa shape index (κ1) is 18.2. The Labute approximate surface area is 131 Å². The van der Waals surface area contributed by atoms with Crippen LogP contribution in [0.2, 0.25) is 0 Å². The van der Waals surface area contributed by atoms with Gasteiger partial charge in [0, 0.05) is 11.6 Å². The fraction of sp³-hybridized carbons (Fsp3) is 0.684. The second-order valence-corrected chi connectivity index (χ2v) is 5.85. The Morgan fingerprint density at radius 2 is 1.57 bits per heavy atom. The molecule has 1 aromatic rings. The van der Waals surface area contributed by atoms with Gasteiger partial charge in [0.2, 0.25) is 0 Å². The summed E-state index contributed by atoms with van der Waals surface area (Å²) in [6.45, 7) is 11.5. The van der Waals surface area contributed by atoms with Crippen molar-refractivity contribution in [3.8, 4) is 0 Å². The maximum Gasteiger partial charge on any atom is 0.0357 e. The Balaban J connectivity index is 2.86. The van der Waals surface area contributed by atoms with Crippen molar-refractivity contribution >= 4 is 0 Å². The second kappa shape index (κ2) is 9.22. The Morgan fingerprint density at radius 1 is 1.00 bits per heavy atom. The lowest BCUT2D eigenvalue weighted by Crippen LogP contribution is -2.60. The number of aryl methyl sites for hydroxylation is 1. The topological polar surface area (TPSA) is 15.3 Å². The lowest BCUT2D eigenvalue weighted by molar-refractivity contribution is 0.0489. The highest BCUT2D eigenvalue weighted by Gasteiger charge is 2.38. The van der Waals surface area contributed by atoms with Crippen LogP contribution in [0.4, 0.5) is 0 Å². The molecule has 0 bridgehead atoms. The van der Waals surface area contributed by atoms with Crippen molar-refractivity contribution in [1.29, 1.82) is 0 Å². The molecule has 1 atom stereocenters. The predicted octanol–water partition coefficient (Wildman–Crippen LogP) is 4.11. The molecular formula is C19H34N2. The molecule has 0 spiro atoms. The minimum absolute atomic E-state index is 0.271. The van der Waals surface area contributed by atoms with E-state index in [-0.39, 0.29) is 5.54 Å². The number of rotatable bonds is 10. The van der Waals surface area contributed by atoms with Crippen molar-refractivity contribution in [2.45, 2.75) is 65.0 Å². The molecule has 0 radical (unpaired) electrons. The van der Waals surface area contributed by atoms with Crippen molar-refractivity contribution < 1.29 is 0 Å². The Morgan fingerprint density at radius 3 is 2.00 bits per heavy atom. The predicted molar refractivity (Wildman–Crippen MR) is 93.8 cm³/mol. The summed E-state index contributed by atoms with van der Waals surface area (Å²) in [5.74, 6) is 0. The van der Waals surface area contributed by atoms with Gasteiger partial charge in [-0.3, -0.25) is 4.90 Å². The van der Waals surface area contributed by atoms with Gasteiger partial charge in [-0.05, 0) is 51.4 Å². The van der Waals surface area contributed by atoms with Gasteiger partial charge in [0.25, 0.3) is 0 Å². The molecule has 0 saturated heterocycles. The van der Waals surface area contributed by atoms with Crippen LogP contribution in [0.25, 0.3) is 0 Å². The van der Waals surface area contributed by atoms with Crippen LogP contribution in [0.3, 0.4) is 0 Å². The highest BCUT2D eigenvalue weighted by molar-refractivity contribution is 5.15. The SMILES string of the molecule is CCN(CC)C(CC)(CC)C(CCc1ccccc1)NC. The summed E-state index contributed by atoms with van der Waals surface area (Å²) in [5, 5.41) is 3.62. The van der Waals surface area contributed by atoms with E-state index in [1.165, 1.54) is 24.8 Å². The molecule has 1 unspecified atom stereocenters. The van der Waals surface area contributed by atoms with Crippen molar-refractivity contribution in [2.75, 3.05) is 20.1 Å². The first-order valence-electron chi connectivity index (χ1n) is 8.64. The molecule has 0 aromatic heterocycles. The maximum atomic E-state index is 3.62. The van der Waals surface area contributed by atoms with Gasteiger partial charge in [-0.1, -0.05) is 58.0 Å². The van der Waals surface area contributed by atoms with Gasteiger partial charge in [0.05, 0.1) is 0 Å². The lowest BCUT2D eigenvalue weighted by Gasteiger charge is -2.48. The largest absolute Gasteiger partial charge is 0.315 e. The maximum absolute atomic E-state index is 3.62. The molecule has 0 amide bonds. The summed E-state index contributed by atoms with van der Waals surface area (Å²) in [4.78, 5) is 2.65. The molecule has 0 aliphatic carbocycles. The molecule has 2 nitrogen and oxygen atoms in total. The van der Waals surface area contributed by atoms with E-state index in [0.717, 1.165) is 19.5 Å². The molecule has 0 saturated carbocycles. The number of benzene rings is 1. The van der Waals surface area contributed by atoms with Crippen molar-refractivity contribution in [1.82, 2.24) is 10.2 Å². The third-order valence-corrected chi connectivity index (χ3v) is 5.18. The zero-order valence-corrected chi connectivity index (χ0v) is 14.7. The normalized spacial score (nSPS) is 13.6. The van der Waals surface area contributed by atoms with E-state index in [2.05, 4.69) is 75.3 Å². The molecule has 21 heavy (non-hydrogen) atoms. The Kier molecular flexibility index (Phi) is 7.98. The monoisotopic (exact) mass is 290 g/mol. The number of likely N-dealkylation sites (N-methyl/N-ethyl adjacent to an activating group) is 2. The molecule has 1 N–H and O–H groups in total. The quantitative estimate of drug-likeness (QED) is 0.697. The standard InChI is InChI=1S/C19H34N2/c1-6-19(7-2,21(8-3)9-4)18(20-5)16-15-17-13-11-10-12-14-17/h10-14,18,20H,6-9,15-16H2,1-5H3. The highest BCUT2D eigenvalue weighted by atomic mass is 15.2. The summed E-state index contributed by atoms with van der Waals surface area (Å²) >= 11 is 0. The zero-order valence-electron chi connectivity index (χ0n) is 14.7. The van der Waals surface area contributed by atoms with Crippen LogP contribution in [0, 0.1) is 0 Å². The van der Waals surface area contributed by atoms with E-state index in [1.54, 1.807) is 0 Å². The molecule has 0 aliphatic heterocycles. The molecule has 2 heteroatoms. The van der Waals surface area contributed by atoms with Crippen LogP contribution in [0.5, 0.6) is 0 Å². The Bertz CT molecular complexity index is 366. The number of nitrogens with one attached hydrogen (secondary N) is 1. The minimum atomic E-state index is 0.271. The molecule has 1 rings (SSSR count). The molecular weight excluding hydrogens is 256 g/mol. The van der Waals surface area contributed by atoms with E-state index in [1.807, 2.05) is 0 Å². The van der Waals surface area contributed by atoms with Gasteiger partial charge in [-0.2, -0.15) is 0 Å². The average Bonchev–Trinajstić information content (AvgIpc) is 2.55. The van der Waals surface area contributed by atoms with Crippen LogP contribution < -0.4 is 5.32 Å². The lowest BCUT2D eigenvalue weighted by atomic mass is 9.79. The van der Waals surface area contributed by atoms with Crippen LogP contribution in [-0.2, 0) is 6.42 Å². The molecule has 1 aromatic carbocycles. The van der Waals surface area contributed by atoms with E-state index < -0.39 is 0 Å². The third-order valence-electron chi connectivity index (χ3n) is 5.18. The van der Waals surface area contributed by atoms with Crippen LogP contribution >= 0.6 is 0 Å². The summed E-state index contributed by atoms with van der Waals surface area (Å²) in [6.07, 6.45) is 4.74. The third kappa shape index (κ3) is 4.31. The van der Waals surface area contributed by atoms with Crippen molar-refractivity contribution in [3.63, 3.8) is 0 Å². The van der Waals surface area contributed by atoms with Crippen molar-refractivity contribution in [2.24, 2.45) is 0 Å².